The Morgan fingerprint density at radius 3 is 2.56 bits per heavy atom. The number of nitrogens with zero attached hydrogens (tertiary/aromatic N) is 1. The van der Waals surface area contributed by atoms with E-state index in [9.17, 15) is 5.11 Å². The molecule has 0 saturated heterocycles. The molecule has 2 N–H and O–H groups in total. The lowest BCUT2D eigenvalue weighted by Gasteiger charge is -2.04. The van der Waals surface area contributed by atoms with Crippen LogP contribution in [0.4, 0.5) is 5.69 Å². The fourth-order valence-corrected chi connectivity index (χ4v) is 1.66. The van der Waals surface area contributed by atoms with Crippen LogP contribution in [0, 0.1) is 0 Å². The number of phenolic OH excluding ortho intramolecular Hbond substituents is 1. The maximum absolute atomic E-state index is 9.21. The van der Waals surface area contributed by atoms with E-state index in [2.05, 4.69) is 10.5 Å². The lowest BCUT2D eigenvalue weighted by atomic mass is 10.1. The zero-order valence-corrected chi connectivity index (χ0v) is 10.6. The Balaban J connectivity index is 2.11. The van der Waals surface area contributed by atoms with E-state index in [4.69, 9.17) is 11.6 Å². The normalized spacial score (nSPS) is 11.3. The van der Waals surface area contributed by atoms with Gasteiger partial charge in [-0.15, -0.1) is 0 Å². The maximum Gasteiger partial charge on any atom is 0.115 e. The Morgan fingerprint density at radius 2 is 1.89 bits per heavy atom. The van der Waals surface area contributed by atoms with Crippen molar-refractivity contribution in [3.8, 4) is 5.75 Å². The number of hydrazone groups is 1. The highest BCUT2D eigenvalue weighted by Gasteiger charge is 1.98. The fourth-order valence-electron chi connectivity index (χ4n) is 1.47. The van der Waals surface area contributed by atoms with Crippen LogP contribution in [0.25, 0.3) is 0 Å². The van der Waals surface area contributed by atoms with Crippen molar-refractivity contribution in [1.29, 1.82) is 0 Å². The number of hydrogen-bond acceptors (Lipinski definition) is 3. The van der Waals surface area contributed by atoms with E-state index in [0.29, 0.717) is 5.02 Å². The number of nitrogens with one attached hydrogen (secondary N) is 1. The number of halogens is 1. The Kier molecular flexibility index (Phi) is 3.85. The average Bonchev–Trinajstić information content (AvgIpc) is 2.37. The molecule has 0 aliphatic carbocycles. The summed E-state index contributed by atoms with van der Waals surface area (Å²) in [7, 11) is 0. The molecule has 2 rings (SSSR count). The van der Waals surface area contributed by atoms with Gasteiger partial charge in [0.15, 0.2) is 0 Å². The first-order valence-corrected chi connectivity index (χ1v) is 5.88. The second-order valence-corrected chi connectivity index (χ2v) is 4.30. The van der Waals surface area contributed by atoms with Crippen molar-refractivity contribution in [2.75, 3.05) is 5.43 Å². The van der Waals surface area contributed by atoms with Gasteiger partial charge in [-0.05, 0) is 55.0 Å². The van der Waals surface area contributed by atoms with E-state index >= 15 is 0 Å². The first-order chi connectivity index (χ1) is 8.65. The Labute approximate surface area is 111 Å². The third kappa shape index (κ3) is 3.25. The largest absolute Gasteiger partial charge is 0.508 e. The van der Waals surface area contributed by atoms with E-state index < -0.39 is 0 Å². The molecule has 0 aliphatic rings. The standard InChI is InChI=1S/C14H13ClN2O/c1-10(11-5-7-14(18)8-6-11)16-17-13-4-2-3-12(15)9-13/h2-9,17-18H,1H3/b16-10+. The summed E-state index contributed by atoms with van der Waals surface area (Å²) in [5.41, 5.74) is 5.55. The zero-order valence-electron chi connectivity index (χ0n) is 9.89. The van der Waals surface area contributed by atoms with Crippen molar-refractivity contribution in [1.82, 2.24) is 0 Å². The van der Waals surface area contributed by atoms with E-state index in [0.717, 1.165) is 17.0 Å². The molecule has 0 spiro atoms. The molecule has 0 heterocycles. The summed E-state index contributed by atoms with van der Waals surface area (Å²) in [6.07, 6.45) is 0. The SMILES string of the molecule is C/C(=N\Nc1cccc(Cl)c1)c1ccc(O)cc1. The third-order valence-electron chi connectivity index (χ3n) is 2.46. The van der Waals surface area contributed by atoms with Crippen molar-refractivity contribution in [3.63, 3.8) is 0 Å². The highest BCUT2D eigenvalue weighted by molar-refractivity contribution is 6.30. The van der Waals surface area contributed by atoms with Gasteiger partial charge in [0.25, 0.3) is 0 Å². The van der Waals surface area contributed by atoms with Gasteiger partial charge in [0.2, 0.25) is 0 Å². The molecule has 0 aromatic heterocycles. The summed E-state index contributed by atoms with van der Waals surface area (Å²) in [6.45, 7) is 1.89. The van der Waals surface area contributed by atoms with Crippen molar-refractivity contribution >= 4 is 23.0 Å². The molecule has 0 radical (unpaired) electrons. The minimum absolute atomic E-state index is 0.245. The molecule has 0 fully saturated rings. The molecule has 3 nitrogen and oxygen atoms in total. The van der Waals surface area contributed by atoms with Gasteiger partial charge < -0.3 is 5.11 Å². The first kappa shape index (κ1) is 12.5. The third-order valence-corrected chi connectivity index (χ3v) is 2.70. The van der Waals surface area contributed by atoms with Crippen LogP contribution in [0.1, 0.15) is 12.5 Å². The van der Waals surface area contributed by atoms with E-state index in [1.165, 1.54) is 0 Å². The van der Waals surface area contributed by atoms with Crippen LogP contribution in [0.2, 0.25) is 5.02 Å². The summed E-state index contributed by atoms with van der Waals surface area (Å²) < 4.78 is 0. The number of aromatic hydroxyl groups is 1. The highest BCUT2D eigenvalue weighted by atomic mass is 35.5. The van der Waals surface area contributed by atoms with E-state index in [1.807, 2.05) is 37.3 Å². The molecule has 2 aromatic rings. The number of benzene rings is 2. The maximum atomic E-state index is 9.21. The lowest BCUT2D eigenvalue weighted by Crippen LogP contribution is -1.99. The second-order valence-electron chi connectivity index (χ2n) is 3.87. The summed E-state index contributed by atoms with van der Waals surface area (Å²) in [5, 5.41) is 14.1. The molecule has 0 amide bonds. The van der Waals surface area contributed by atoms with Gasteiger partial charge in [-0.3, -0.25) is 5.43 Å². The summed E-state index contributed by atoms with van der Waals surface area (Å²) in [4.78, 5) is 0. The van der Waals surface area contributed by atoms with E-state index in [1.54, 1.807) is 18.2 Å². The van der Waals surface area contributed by atoms with Crippen molar-refractivity contribution in [2.45, 2.75) is 6.92 Å². The van der Waals surface area contributed by atoms with Crippen molar-refractivity contribution < 1.29 is 5.11 Å². The van der Waals surface area contributed by atoms with Crippen LogP contribution in [0.3, 0.4) is 0 Å². The summed E-state index contributed by atoms with van der Waals surface area (Å²) in [6, 6.07) is 14.2. The van der Waals surface area contributed by atoms with Crippen molar-refractivity contribution in [3.05, 3.63) is 59.1 Å². The van der Waals surface area contributed by atoms with Crippen LogP contribution >= 0.6 is 11.6 Å². The quantitative estimate of drug-likeness (QED) is 0.650. The highest BCUT2D eigenvalue weighted by Crippen LogP contribution is 2.15. The van der Waals surface area contributed by atoms with Crippen LogP contribution in [0.5, 0.6) is 5.75 Å². The van der Waals surface area contributed by atoms with Gasteiger partial charge in [-0.25, -0.2) is 0 Å². The van der Waals surface area contributed by atoms with Crippen LogP contribution in [0.15, 0.2) is 53.6 Å². The predicted octanol–water partition coefficient (Wildman–Crippen LogP) is 3.88. The van der Waals surface area contributed by atoms with Gasteiger partial charge in [0.1, 0.15) is 5.75 Å². The molecule has 2 aromatic carbocycles. The molecule has 4 heteroatoms. The topological polar surface area (TPSA) is 44.6 Å². The number of rotatable bonds is 3. The van der Waals surface area contributed by atoms with Gasteiger partial charge in [0, 0.05) is 5.02 Å². The van der Waals surface area contributed by atoms with Crippen LogP contribution in [-0.2, 0) is 0 Å². The monoisotopic (exact) mass is 260 g/mol. The first-order valence-electron chi connectivity index (χ1n) is 5.50. The Bertz CT molecular complexity index is 564. The van der Waals surface area contributed by atoms with E-state index in [-0.39, 0.29) is 5.75 Å². The molecule has 0 saturated carbocycles. The van der Waals surface area contributed by atoms with Crippen LogP contribution < -0.4 is 5.43 Å². The number of hydrogen-bond donors (Lipinski definition) is 2. The predicted molar refractivity (Wildman–Crippen MR) is 75.4 cm³/mol. The molecule has 92 valence electrons. The zero-order chi connectivity index (χ0) is 13.0. The number of phenols is 1. The Morgan fingerprint density at radius 1 is 1.17 bits per heavy atom. The van der Waals surface area contributed by atoms with Crippen LogP contribution in [-0.4, -0.2) is 10.8 Å². The van der Waals surface area contributed by atoms with Crippen molar-refractivity contribution in [2.24, 2.45) is 5.10 Å². The molecule has 0 unspecified atom stereocenters. The second kappa shape index (κ2) is 5.56. The molecule has 0 aliphatic heterocycles. The van der Waals surface area contributed by atoms with Gasteiger partial charge in [-0.1, -0.05) is 17.7 Å². The van der Waals surface area contributed by atoms with Gasteiger partial charge in [-0.2, -0.15) is 5.10 Å². The molecular weight excluding hydrogens is 248 g/mol. The Hall–Kier alpha value is -2.00. The van der Waals surface area contributed by atoms with Gasteiger partial charge in [0.05, 0.1) is 11.4 Å². The molecular formula is C14H13ClN2O. The molecule has 18 heavy (non-hydrogen) atoms. The smallest absolute Gasteiger partial charge is 0.115 e. The minimum Gasteiger partial charge on any atom is -0.508 e. The average molecular weight is 261 g/mol. The van der Waals surface area contributed by atoms with Gasteiger partial charge >= 0.3 is 0 Å². The molecule has 0 atom stereocenters. The summed E-state index contributed by atoms with van der Waals surface area (Å²) >= 11 is 5.88. The lowest BCUT2D eigenvalue weighted by molar-refractivity contribution is 0.475. The minimum atomic E-state index is 0.245. The fraction of sp³-hybridized carbons (Fsp3) is 0.0714. The summed E-state index contributed by atoms with van der Waals surface area (Å²) in [5.74, 6) is 0.245. The molecule has 0 bridgehead atoms. The number of anilines is 1.